The van der Waals surface area contributed by atoms with E-state index in [1.165, 1.54) is 47.6 Å². The van der Waals surface area contributed by atoms with Gasteiger partial charge in [0.15, 0.2) is 0 Å². The van der Waals surface area contributed by atoms with Gasteiger partial charge in [0.2, 0.25) is 0 Å². The molecule has 0 aliphatic rings. The third-order valence-electron chi connectivity index (χ3n) is 10.9. The quantitative estimate of drug-likeness (QED) is 0.170. The summed E-state index contributed by atoms with van der Waals surface area (Å²) in [6, 6.07) is 72.4. The summed E-state index contributed by atoms with van der Waals surface area (Å²) in [5.41, 5.74) is 12.1. The summed E-state index contributed by atoms with van der Waals surface area (Å²) in [7, 11) is 0. The van der Waals surface area contributed by atoms with Crippen molar-refractivity contribution in [2.24, 2.45) is 0 Å². The molecule has 0 radical (unpaired) electrons. The molecule has 0 N–H and O–H groups in total. The lowest BCUT2D eigenvalue weighted by molar-refractivity contribution is 0.669. The van der Waals surface area contributed by atoms with Gasteiger partial charge in [0.05, 0.1) is 11.4 Å². The number of furan rings is 1. The fourth-order valence-electron chi connectivity index (χ4n) is 8.24. The van der Waals surface area contributed by atoms with Crippen molar-refractivity contribution >= 4 is 81.3 Å². The lowest BCUT2D eigenvalue weighted by atomic mass is 9.94. The molecular formula is C52H33NOS. The number of thiophene rings is 1. The Morgan fingerprint density at radius 1 is 0.364 bits per heavy atom. The first-order valence-corrected chi connectivity index (χ1v) is 19.5. The molecule has 11 aromatic rings. The van der Waals surface area contributed by atoms with Gasteiger partial charge in [0, 0.05) is 53.3 Å². The monoisotopic (exact) mass is 719 g/mol. The van der Waals surface area contributed by atoms with Crippen molar-refractivity contribution in [3.05, 3.63) is 200 Å². The number of nitrogens with zero attached hydrogens (tertiary/aromatic N) is 1. The van der Waals surface area contributed by atoms with Crippen LogP contribution in [-0.4, -0.2) is 0 Å². The van der Waals surface area contributed by atoms with Crippen molar-refractivity contribution in [1.82, 2.24) is 0 Å². The van der Waals surface area contributed by atoms with E-state index in [2.05, 4.69) is 193 Å². The molecule has 2 aromatic heterocycles. The lowest BCUT2D eigenvalue weighted by Gasteiger charge is -2.30. The number of fused-ring (bicyclic) bond motifs is 7. The fraction of sp³-hybridized carbons (Fsp3) is 0. The predicted molar refractivity (Wildman–Crippen MR) is 235 cm³/mol. The van der Waals surface area contributed by atoms with Crippen LogP contribution in [0.25, 0.3) is 86.3 Å². The third kappa shape index (κ3) is 5.32. The van der Waals surface area contributed by atoms with E-state index in [4.69, 9.17) is 4.42 Å². The number of hydrogen-bond acceptors (Lipinski definition) is 3. The van der Waals surface area contributed by atoms with Crippen molar-refractivity contribution in [2.45, 2.75) is 0 Å². The summed E-state index contributed by atoms with van der Waals surface area (Å²) in [4.78, 5) is 2.47. The van der Waals surface area contributed by atoms with Crippen molar-refractivity contribution in [3.63, 3.8) is 0 Å². The molecule has 0 spiro atoms. The summed E-state index contributed by atoms with van der Waals surface area (Å²) in [5, 5.41) is 7.24. The van der Waals surface area contributed by atoms with Crippen LogP contribution < -0.4 is 4.90 Å². The van der Waals surface area contributed by atoms with E-state index in [9.17, 15) is 0 Å². The lowest BCUT2D eigenvalue weighted by Crippen LogP contribution is -2.12. The van der Waals surface area contributed by atoms with Gasteiger partial charge in [-0.05, 0) is 76.0 Å². The molecule has 55 heavy (non-hydrogen) atoms. The van der Waals surface area contributed by atoms with E-state index >= 15 is 0 Å². The number of benzene rings is 9. The Bertz CT molecular complexity index is 3230. The normalized spacial score (nSPS) is 11.6. The van der Waals surface area contributed by atoms with E-state index in [1.54, 1.807) is 0 Å². The smallest absolute Gasteiger partial charge is 0.135 e. The highest BCUT2D eigenvalue weighted by molar-refractivity contribution is 7.26. The average Bonchev–Trinajstić information content (AvgIpc) is 3.83. The molecule has 0 saturated carbocycles. The molecule has 0 bridgehead atoms. The second-order valence-electron chi connectivity index (χ2n) is 14.1. The molecular weight excluding hydrogens is 687 g/mol. The number of anilines is 3. The fourth-order valence-corrected chi connectivity index (χ4v) is 9.47. The molecule has 3 heteroatoms. The Kier molecular flexibility index (Phi) is 7.39. The predicted octanol–water partition coefficient (Wildman–Crippen LogP) is 15.6. The zero-order valence-electron chi connectivity index (χ0n) is 29.8. The maximum Gasteiger partial charge on any atom is 0.135 e. The maximum atomic E-state index is 6.36. The number of hydrogen-bond donors (Lipinski definition) is 0. The van der Waals surface area contributed by atoms with Crippen LogP contribution in [0.3, 0.4) is 0 Å². The highest BCUT2D eigenvalue weighted by atomic mass is 32.1. The molecule has 0 amide bonds. The summed E-state index contributed by atoms with van der Waals surface area (Å²) in [5.74, 6) is 0. The zero-order valence-corrected chi connectivity index (χ0v) is 30.6. The molecule has 0 atom stereocenters. The highest BCUT2D eigenvalue weighted by Crippen LogP contribution is 2.49. The van der Waals surface area contributed by atoms with Gasteiger partial charge in [-0.15, -0.1) is 11.3 Å². The summed E-state index contributed by atoms with van der Waals surface area (Å²) in [6.45, 7) is 0. The van der Waals surface area contributed by atoms with Crippen molar-refractivity contribution in [3.8, 4) is 33.4 Å². The molecule has 0 fully saturated rings. The molecule has 0 aliphatic heterocycles. The first-order valence-electron chi connectivity index (χ1n) is 18.7. The van der Waals surface area contributed by atoms with E-state index in [0.717, 1.165) is 55.7 Å². The standard InChI is InChI=1S/C52H33NOS/c1-2-14-35(15-3-1)40-29-27-38(37-26-25-34-13-4-5-16-36(34)31-37)32-48(40)53(39-28-30-50-46(33-39)42-18-7-10-23-49(42)54-50)47-22-9-6-17-41(47)44-20-12-21-45-43-19-8-11-24-51(43)55-52(44)45/h1-33H. The molecule has 9 aromatic carbocycles. The Labute approximate surface area is 322 Å². The van der Waals surface area contributed by atoms with Crippen LogP contribution >= 0.6 is 11.3 Å². The van der Waals surface area contributed by atoms with Gasteiger partial charge in [-0.25, -0.2) is 0 Å². The van der Waals surface area contributed by atoms with Crippen LogP contribution in [0.5, 0.6) is 0 Å². The van der Waals surface area contributed by atoms with Crippen LogP contribution in [0.2, 0.25) is 0 Å². The van der Waals surface area contributed by atoms with Crippen LogP contribution in [-0.2, 0) is 0 Å². The molecule has 258 valence electrons. The van der Waals surface area contributed by atoms with Gasteiger partial charge in [-0.2, -0.15) is 0 Å². The minimum absolute atomic E-state index is 0.876. The molecule has 2 nitrogen and oxygen atoms in total. The van der Waals surface area contributed by atoms with E-state index in [-0.39, 0.29) is 0 Å². The topological polar surface area (TPSA) is 16.4 Å². The molecule has 0 saturated heterocycles. The Morgan fingerprint density at radius 3 is 1.98 bits per heavy atom. The number of para-hydroxylation sites is 2. The minimum Gasteiger partial charge on any atom is -0.456 e. The van der Waals surface area contributed by atoms with Gasteiger partial charge in [-0.1, -0.05) is 152 Å². The van der Waals surface area contributed by atoms with Crippen LogP contribution in [0.4, 0.5) is 17.1 Å². The minimum atomic E-state index is 0.876. The van der Waals surface area contributed by atoms with Crippen molar-refractivity contribution in [1.29, 1.82) is 0 Å². The second kappa shape index (κ2) is 12.9. The average molecular weight is 720 g/mol. The summed E-state index contributed by atoms with van der Waals surface area (Å²) >= 11 is 1.87. The first kappa shape index (κ1) is 31.6. The zero-order chi connectivity index (χ0) is 36.3. The van der Waals surface area contributed by atoms with Crippen LogP contribution in [0.15, 0.2) is 205 Å². The van der Waals surface area contributed by atoms with Gasteiger partial charge in [0.1, 0.15) is 11.2 Å². The second-order valence-corrected chi connectivity index (χ2v) is 15.1. The van der Waals surface area contributed by atoms with E-state index in [0.29, 0.717) is 0 Å². The van der Waals surface area contributed by atoms with E-state index in [1.807, 2.05) is 23.5 Å². The highest BCUT2D eigenvalue weighted by Gasteiger charge is 2.24. The molecule has 2 heterocycles. The molecule has 0 unspecified atom stereocenters. The summed E-state index contributed by atoms with van der Waals surface area (Å²) in [6.07, 6.45) is 0. The Balaban J connectivity index is 1.21. The molecule has 11 rings (SSSR count). The van der Waals surface area contributed by atoms with Crippen molar-refractivity contribution in [2.75, 3.05) is 4.90 Å². The molecule has 0 aliphatic carbocycles. The maximum absolute atomic E-state index is 6.36. The first-order chi connectivity index (χ1) is 27.3. The SMILES string of the molecule is c1ccc(-c2ccc(-c3ccc4ccccc4c3)cc2N(c2ccc3oc4ccccc4c3c2)c2ccccc2-c2cccc3c2sc2ccccc23)cc1. The van der Waals surface area contributed by atoms with Gasteiger partial charge in [0.25, 0.3) is 0 Å². The largest absolute Gasteiger partial charge is 0.456 e. The van der Waals surface area contributed by atoms with Crippen LogP contribution in [0.1, 0.15) is 0 Å². The Morgan fingerprint density at radius 2 is 1.05 bits per heavy atom. The van der Waals surface area contributed by atoms with Crippen LogP contribution in [0, 0.1) is 0 Å². The van der Waals surface area contributed by atoms with Gasteiger partial charge in [-0.3, -0.25) is 0 Å². The van der Waals surface area contributed by atoms with E-state index < -0.39 is 0 Å². The number of rotatable bonds is 6. The third-order valence-corrected chi connectivity index (χ3v) is 12.1. The summed E-state index contributed by atoms with van der Waals surface area (Å²) < 4.78 is 8.95. The van der Waals surface area contributed by atoms with Gasteiger partial charge >= 0.3 is 0 Å². The Hall–Kier alpha value is -6.94. The van der Waals surface area contributed by atoms with Gasteiger partial charge < -0.3 is 9.32 Å². The van der Waals surface area contributed by atoms with Crippen molar-refractivity contribution < 1.29 is 4.42 Å².